The van der Waals surface area contributed by atoms with Gasteiger partial charge in [-0.3, -0.25) is 5.92 Å². The van der Waals surface area contributed by atoms with Crippen molar-refractivity contribution in [3.8, 4) is 5.92 Å². The summed E-state index contributed by atoms with van der Waals surface area (Å²) in [5.74, 6) is -57.8. The minimum absolute atomic E-state index is 0.803. The molecule has 0 saturated carbocycles. The molecule has 0 nitrogen and oxygen atoms in total. The molecular weight excluding hydrogens is 544 g/mol. The van der Waals surface area contributed by atoms with Gasteiger partial charge in [0.25, 0.3) is 0 Å². The zero-order valence-corrected chi connectivity index (χ0v) is 16.2. The molecule has 0 aromatic heterocycles. The van der Waals surface area contributed by atoms with Crippen LogP contribution in [0, 0.1) is 12.3 Å². The second-order valence-electron chi connectivity index (χ2n) is 4.64. The Kier molecular flexibility index (Phi) is 8.50. The molecular formula is C10ClF17Zn. The molecule has 0 atom stereocenters. The van der Waals surface area contributed by atoms with E-state index < -0.39 is 53.6 Å². The molecule has 0 fully saturated rings. The van der Waals surface area contributed by atoms with E-state index in [1.807, 2.05) is 0 Å². The average molecular weight is 544 g/mol. The van der Waals surface area contributed by atoms with E-state index in [0.29, 0.717) is 0 Å². The van der Waals surface area contributed by atoms with Crippen LogP contribution in [0.3, 0.4) is 0 Å². The van der Waals surface area contributed by atoms with Crippen LogP contribution in [0.2, 0.25) is 0 Å². The van der Waals surface area contributed by atoms with Gasteiger partial charge in [0.2, 0.25) is 0 Å². The van der Waals surface area contributed by atoms with Crippen LogP contribution in [0.4, 0.5) is 74.6 Å². The predicted octanol–water partition coefficient (Wildman–Crippen LogP) is 6.27. The Hall–Kier alpha value is -0.717. The van der Waals surface area contributed by atoms with E-state index in [1.54, 1.807) is 0 Å². The first-order chi connectivity index (χ1) is 12.3. The maximum absolute atomic E-state index is 13.0. The Balaban J connectivity index is 0. The monoisotopic (exact) mass is 542 g/mol. The molecule has 0 rings (SSSR count). The van der Waals surface area contributed by atoms with Crippen molar-refractivity contribution in [2.75, 3.05) is 0 Å². The summed E-state index contributed by atoms with van der Waals surface area (Å²) in [4.78, 5) is 0. The first-order valence-corrected chi connectivity index (χ1v) is 9.63. The molecule has 0 aliphatic carbocycles. The molecule has 0 aromatic carbocycles. The molecule has 0 bridgehead atoms. The van der Waals surface area contributed by atoms with Gasteiger partial charge in [0.05, 0.1) is 0 Å². The molecule has 0 heterocycles. The summed E-state index contributed by atoms with van der Waals surface area (Å²) >= 11 is 0.847. The van der Waals surface area contributed by atoms with E-state index in [-0.39, 0.29) is 0 Å². The van der Waals surface area contributed by atoms with Gasteiger partial charge in [-0.2, -0.15) is 74.6 Å². The van der Waals surface area contributed by atoms with Crippen LogP contribution in [-0.2, 0) is 17.3 Å². The third-order valence-electron chi connectivity index (χ3n) is 2.88. The van der Waals surface area contributed by atoms with Gasteiger partial charge in [0.15, 0.2) is 0 Å². The summed E-state index contributed by atoms with van der Waals surface area (Å²) in [6.07, 6.45) is -2.23. The number of halogens is 18. The number of hydrogen-bond acceptors (Lipinski definition) is 0. The zero-order valence-electron chi connectivity index (χ0n) is 12.5. The zero-order chi connectivity index (χ0) is 24.7. The molecule has 0 saturated heterocycles. The fourth-order valence-corrected chi connectivity index (χ4v) is 1.24. The summed E-state index contributed by atoms with van der Waals surface area (Å²) in [6, 6.07) is 0. The van der Waals surface area contributed by atoms with Gasteiger partial charge in [0, 0.05) is 0 Å². The second kappa shape index (κ2) is 8.08. The van der Waals surface area contributed by atoms with Gasteiger partial charge in [-0.25, -0.2) is 0 Å². The van der Waals surface area contributed by atoms with Gasteiger partial charge in [-0.05, 0) is 0 Å². The van der Waals surface area contributed by atoms with E-state index >= 15 is 0 Å². The Morgan fingerprint density at radius 3 is 0.862 bits per heavy atom. The SMILES string of the molecule is [C-]#CC(F)(F)C(F)(F)C(F)(F)C(F)(F)C(F)(F)C(F)(F)C(F)(F)C(F)(F)F.[Cl][Zn+]. The summed E-state index contributed by atoms with van der Waals surface area (Å²) in [6.45, 7) is 0. The van der Waals surface area contributed by atoms with E-state index in [4.69, 9.17) is 16.1 Å². The molecule has 168 valence electrons. The topological polar surface area (TPSA) is 0 Å². The van der Waals surface area contributed by atoms with Gasteiger partial charge < -0.3 is 6.42 Å². The van der Waals surface area contributed by atoms with Crippen molar-refractivity contribution in [2.24, 2.45) is 0 Å². The summed E-state index contributed by atoms with van der Waals surface area (Å²) in [5, 5.41) is 0. The fraction of sp³-hybridized carbons (Fsp3) is 0.800. The van der Waals surface area contributed by atoms with Gasteiger partial charge in [-0.1, -0.05) is 0 Å². The molecule has 19 heteroatoms. The van der Waals surface area contributed by atoms with Crippen molar-refractivity contribution in [3.05, 3.63) is 6.42 Å². The number of hydrogen-bond donors (Lipinski definition) is 0. The molecule has 0 aliphatic heterocycles. The molecule has 0 aliphatic rings. The molecule has 0 N–H and O–H groups in total. The van der Waals surface area contributed by atoms with Crippen LogP contribution >= 0.6 is 9.69 Å². The van der Waals surface area contributed by atoms with Crippen LogP contribution in [0.25, 0.3) is 0 Å². The molecule has 0 amide bonds. The van der Waals surface area contributed by atoms with Crippen molar-refractivity contribution in [2.45, 2.75) is 47.6 Å². The van der Waals surface area contributed by atoms with Crippen LogP contribution < -0.4 is 0 Å². The minimum atomic E-state index is -8.65. The average Bonchev–Trinajstić information content (AvgIpc) is 2.54. The summed E-state index contributed by atoms with van der Waals surface area (Å²) in [7, 11) is 4.76. The van der Waals surface area contributed by atoms with E-state index in [2.05, 4.69) is 0 Å². The van der Waals surface area contributed by atoms with Crippen molar-refractivity contribution in [1.29, 1.82) is 0 Å². The van der Waals surface area contributed by atoms with Crippen LogP contribution in [0.5, 0.6) is 0 Å². The van der Waals surface area contributed by atoms with Gasteiger partial charge in [0.1, 0.15) is 0 Å². The third-order valence-corrected chi connectivity index (χ3v) is 2.88. The van der Waals surface area contributed by atoms with Crippen molar-refractivity contribution in [1.82, 2.24) is 0 Å². The summed E-state index contributed by atoms with van der Waals surface area (Å²) < 4.78 is 214. The van der Waals surface area contributed by atoms with Gasteiger partial charge in [-0.15, -0.1) is 0 Å². The third kappa shape index (κ3) is 4.09. The standard InChI is InChI=1S/C10F17.ClH.Zn/c1-2-3(11,12)4(13,14)5(15,16)6(17,18)7(19,20)8(21,22)9(23,24)10(25,26)27;;/h;1H;/q-1;;+2/p-1. The molecule has 29 heavy (non-hydrogen) atoms. The number of rotatable bonds is 6. The first kappa shape index (κ1) is 30.5. The van der Waals surface area contributed by atoms with E-state index in [9.17, 15) is 74.6 Å². The fourth-order valence-electron chi connectivity index (χ4n) is 1.24. The van der Waals surface area contributed by atoms with E-state index in [1.165, 1.54) is 0 Å². The summed E-state index contributed by atoms with van der Waals surface area (Å²) in [5.41, 5.74) is 0. The second-order valence-corrected chi connectivity index (χ2v) is 4.64. The van der Waals surface area contributed by atoms with Crippen LogP contribution in [0.15, 0.2) is 0 Å². The quantitative estimate of drug-likeness (QED) is 0.160. The molecule has 0 unspecified atom stereocenters. The van der Waals surface area contributed by atoms with Gasteiger partial charge >= 0.3 is 74.6 Å². The Labute approximate surface area is 162 Å². The van der Waals surface area contributed by atoms with Crippen molar-refractivity contribution < 1.29 is 91.9 Å². The molecule has 0 spiro atoms. The van der Waals surface area contributed by atoms with Crippen LogP contribution in [0.1, 0.15) is 0 Å². The molecule has 0 radical (unpaired) electrons. The van der Waals surface area contributed by atoms with Crippen molar-refractivity contribution in [3.63, 3.8) is 0 Å². The Bertz CT molecular complexity index is 613. The Morgan fingerprint density at radius 1 is 0.448 bits per heavy atom. The van der Waals surface area contributed by atoms with Crippen LogP contribution in [-0.4, -0.2) is 47.6 Å². The van der Waals surface area contributed by atoms with Crippen molar-refractivity contribution >= 4 is 9.69 Å². The molecule has 0 aromatic rings. The Morgan fingerprint density at radius 2 is 0.655 bits per heavy atom. The maximum atomic E-state index is 13.0. The predicted molar refractivity (Wildman–Crippen MR) is 53.7 cm³/mol. The number of alkyl halides is 17. The normalized spacial score (nSPS) is 15.4. The van der Waals surface area contributed by atoms with E-state index in [0.717, 1.165) is 17.3 Å². The first-order valence-electron chi connectivity index (χ1n) is 5.73.